The molecule has 2 heterocycles. The number of imide groups is 1. The summed E-state index contributed by atoms with van der Waals surface area (Å²) in [7, 11) is 0. The van der Waals surface area contributed by atoms with E-state index in [1.54, 1.807) is 42.6 Å². The summed E-state index contributed by atoms with van der Waals surface area (Å²) in [6.45, 7) is 0. The maximum absolute atomic E-state index is 14.1. The van der Waals surface area contributed by atoms with Crippen LogP contribution < -0.4 is 9.64 Å². The van der Waals surface area contributed by atoms with Crippen LogP contribution in [0.4, 0.5) is 5.69 Å². The Labute approximate surface area is 229 Å². The molecule has 9 rings (SSSR count). The van der Waals surface area contributed by atoms with Crippen LogP contribution in [0.25, 0.3) is 10.9 Å². The molecule has 1 saturated heterocycles. The van der Waals surface area contributed by atoms with E-state index in [0.717, 1.165) is 27.6 Å². The van der Waals surface area contributed by atoms with Crippen molar-refractivity contribution >= 4 is 34.4 Å². The highest BCUT2D eigenvalue weighted by molar-refractivity contribution is 6.23. The first kappa shape index (κ1) is 22.8. The maximum Gasteiger partial charge on any atom is 0.343 e. The van der Waals surface area contributed by atoms with Gasteiger partial charge in [-0.25, -0.2) is 9.69 Å². The van der Waals surface area contributed by atoms with Gasteiger partial charge >= 0.3 is 5.97 Å². The third-order valence-electron chi connectivity index (χ3n) is 8.59. The van der Waals surface area contributed by atoms with Crippen molar-refractivity contribution in [2.24, 2.45) is 11.8 Å². The molecule has 6 nitrogen and oxygen atoms in total. The minimum atomic E-state index is -0.587. The second-order valence-electron chi connectivity index (χ2n) is 10.5. The topological polar surface area (TPSA) is 76.6 Å². The number of anilines is 1. The standard InChI is InChI=1S/C34H22N2O4/c37-32-29-27-22-12-1-2-13-23(22)28(25-15-4-3-14-24(25)27)30(29)33(38)36(32)21-11-5-9-20(18-21)34(39)40-26-16-6-8-19-10-7-17-35-31(19)26/h1-18,27-30H/t27?,28?,29-,30+. The molecule has 6 heteroatoms. The second kappa shape index (κ2) is 8.45. The molecule has 2 atom stereocenters. The number of hydrogen-bond acceptors (Lipinski definition) is 5. The van der Waals surface area contributed by atoms with Gasteiger partial charge in [0.15, 0.2) is 5.75 Å². The van der Waals surface area contributed by atoms with E-state index in [1.807, 2.05) is 42.5 Å². The predicted octanol–water partition coefficient (Wildman–Crippen LogP) is 5.85. The van der Waals surface area contributed by atoms with Crippen molar-refractivity contribution in [2.75, 3.05) is 4.90 Å². The summed E-state index contributed by atoms with van der Waals surface area (Å²) in [4.78, 5) is 47.0. The average Bonchev–Trinajstić information content (AvgIpc) is 3.27. The summed E-state index contributed by atoms with van der Waals surface area (Å²) in [5, 5.41) is 0.856. The number of nitrogens with zero attached hydrogens (tertiary/aromatic N) is 2. The van der Waals surface area contributed by atoms with Gasteiger partial charge in [0.05, 0.1) is 23.1 Å². The van der Waals surface area contributed by atoms with Gasteiger partial charge in [0, 0.05) is 23.4 Å². The molecule has 1 aliphatic heterocycles. The van der Waals surface area contributed by atoms with Gasteiger partial charge < -0.3 is 4.74 Å². The van der Waals surface area contributed by atoms with Crippen LogP contribution in [0.5, 0.6) is 5.75 Å². The van der Waals surface area contributed by atoms with Crippen LogP contribution in [0.15, 0.2) is 109 Å². The van der Waals surface area contributed by atoms with Gasteiger partial charge in [0.2, 0.25) is 11.8 Å². The largest absolute Gasteiger partial charge is 0.421 e. The average molecular weight is 523 g/mol. The van der Waals surface area contributed by atoms with Crippen LogP contribution in [0, 0.1) is 11.8 Å². The lowest BCUT2D eigenvalue weighted by Crippen LogP contribution is -2.41. The second-order valence-corrected chi connectivity index (χ2v) is 10.5. The minimum Gasteiger partial charge on any atom is -0.421 e. The SMILES string of the molecule is O=C(Oc1cccc2cccnc12)c1cccc(N2C(=O)[C@@H]3C4c5ccccc5C(c5ccccc54)[C@@H]3C2=O)c1. The molecule has 4 aromatic carbocycles. The summed E-state index contributed by atoms with van der Waals surface area (Å²) in [6.07, 6.45) is 1.65. The van der Waals surface area contributed by atoms with Crippen molar-refractivity contribution < 1.29 is 19.1 Å². The minimum absolute atomic E-state index is 0.184. The number of aromatic nitrogens is 1. The number of esters is 1. The monoisotopic (exact) mass is 522 g/mol. The van der Waals surface area contributed by atoms with E-state index in [9.17, 15) is 14.4 Å². The van der Waals surface area contributed by atoms with Crippen LogP contribution >= 0.6 is 0 Å². The molecular weight excluding hydrogens is 500 g/mol. The molecule has 0 radical (unpaired) electrons. The fourth-order valence-corrected chi connectivity index (χ4v) is 7.02. The fourth-order valence-electron chi connectivity index (χ4n) is 7.02. The highest BCUT2D eigenvalue weighted by Gasteiger charge is 2.61. The van der Waals surface area contributed by atoms with Crippen molar-refractivity contribution in [3.05, 3.63) is 137 Å². The quantitative estimate of drug-likeness (QED) is 0.169. The van der Waals surface area contributed by atoms with E-state index in [-0.39, 0.29) is 29.2 Å². The number of carbonyl (C=O) groups is 3. The summed E-state index contributed by atoms with van der Waals surface area (Å²) in [5.74, 6) is -2.03. The Bertz CT molecular complexity index is 1780. The lowest BCUT2D eigenvalue weighted by Gasteiger charge is -2.45. The zero-order valence-electron chi connectivity index (χ0n) is 21.2. The molecule has 0 N–H and O–H groups in total. The summed E-state index contributed by atoms with van der Waals surface area (Å²) in [5.41, 5.74) is 5.69. The van der Waals surface area contributed by atoms with E-state index in [2.05, 4.69) is 29.2 Å². The van der Waals surface area contributed by atoms with Crippen LogP contribution in [0.1, 0.15) is 44.4 Å². The zero-order valence-corrected chi connectivity index (χ0v) is 21.2. The Morgan fingerprint density at radius 3 is 1.88 bits per heavy atom. The molecule has 40 heavy (non-hydrogen) atoms. The molecule has 192 valence electrons. The molecule has 4 aliphatic rings. The third kappa shape index (κ3) is 3.10. The van der Waals surface area contributed by atoms with Gasteiger partial charge in [-0.05, 0) is 52.6 Å². The molecule has 3 aliphatic carbocycles. The smallest absolute Gasteiger partial charge is 0.343 e. The number of ether oxygens (including phenoxy) is 1. The van der Waals surface area contributed by atoms with Gasteiger partial charge in [0.1, 0.15) is 5.52 Å². The third-order valence-corrected chi connectivity index (χ3v) is 8.59. The Balaban J connectivity index is 1.16. The van der Waals surface area contributed by atoms with Gasteiger partial charge in [0.25, 0.3) is 0 Å². The van der Waals surface area contributed by atoms with E-state index >= 15 is 0 Å². The molecule has 5 aromatic rings. The predicted molar refractivity (Wildman–Crippen MR) is 149 cm³/mol. The molecule has 1 aromatic heterocycles. The van der Waals surface area contributed by atoms with Crippen molar-refractivity contribution in [1.82, 2.24) is 4.98 Å². The Kier molecular flexibility index (Phi) is 4.83. The summed E-state index contributed by atoms with van der Waals surface area (Å²) >= 11 is 0. The van der Waals surface area contributed by atoms with E-state index < -0.39 is 17.8 Å². The van der Waals surface area contributed by atoms with Crippen molar-refractivity contribution in [2.45, 2.75) is 11.8 Å². The number of carbonyl (C=O) groups excluding carboxylic acids is 3. The van der Waals surface area contributed by atoms with E-state index in [4.69, 9.17) is 4.74 Å². The van der Waals surface area contributed by atoms with E-state index in [1.165, 1.54) is 4.90 Å². The number of pyridine rings is 1. The van der Waals surface area contributed by atoms with E-state index in [0.29, 0.717) is 17.0 Å². The van der Waals surface area contributed by atoms with Crippen LogP contribution in [-0.2, 0) is 9.59 Å². The Morgan fingerprint density at radius 2 is 1.25 bits per heavy atom. The van der Waals surface area contributed by atoms with Gasteiger partial charge in [-0.2, -0.15) is 0 Å². The maximum atomic E-state index is 14.1. The lowest BCUT2D eigenvalue weighted by atomic mass is 9.55. The normalized spacial score (nSPS) is 22.1. The first-order valence-corrected chi connectivity index (χ1v) is 13.3. The number of hydrogen-bond donors (Lipinski definition) is 0. The number of fused-ring (bicyclic) bond motifs is 1. The summed E-state index contributed by atoms with van der Waals surface area (Å²) in [6, 6.07) is 32.0. The molecular formula is C34H22N2O4. The van der Waals surface area contributed by atoms with Crippen molar-refractivity contribution in [3.63, 3.8) is 0 Å². The molecule has 0 saturated carbocycles. The van der Waals surface area contributed by atoms with Gasteiger partial charge in [-0.1, -0.05) is 72.8 Å². The highest BCUT2D eigenvalue weighted by atomic mass is 16.5. The fraction of sp³-hybridized carbons (Fsp3) is 0.118. The molecule has 2 bridgehead atoms. The zero-order chi connectivity index (χ0) is 27.0. The molecule has 1 fully saturated rings. The van der Waals surface area contributed by atoms with Gasteiger partial charge in [-0.15, -0.1) is 0 Å². The molecule has 0 spiro atoms. The number of amides is 2. The number of para-hydroxylation sites is 1. The van der Waals surface area contributed by atoms with Crippen LogP contribution in [0.2, 0.25) is 0 Å². The number of benzene rings is 4. The highest BCUT2D eigenvalue weighted by Crippen LogP contribution is 2.61. The van der Waals surface area contributed by atoms with Gasteiger partial charge in [-0.3, -0.25) is 14.6 Å². The summed E-state index contributed by atoms with van der Waals surface area (Å²) < 4.78 is 5.72. The Hall–Kier alpha value is -5.10. The lowest BCUT2D eigenvalue weighted by molar-refractivity contribution is -0.122. The first-order valence-electron chi connectivity index (χ1n) is 13.3. The van der Waals surface area contributed by atoms with Crippen molar-refractivity contribution in [1.29, 1.82) is 0 Å². The van der Waals surface area contributed by atoms with Crippen LogP contribution in [0.3, 0.4) is 0 Å². The number of rotatable bonds is 3. The molecule has 2 amide bonds. The Morgan fingerprint density at radius 1 is 0.675 bits per heavy atom. The molecule has 0 unspecified atom stereocenters. The van der Waals surface area contributed by atoms with Crippen molar-refractivity contribution in [3.8, 4) is 5.75 Å². The van der Waals surface area contributed by atoms with Crippen LogP contribution in [-0.4, -0.2) is 22.8 Å². The first-order chi connectivity index (χ1) is 19.6.